The first-order valence-corrected chi connectivity index (χ1v) is 9.37. The number of piperidine rings is 1. The van der Waals surface area contributed by atoms with Crippen LogP contribution in [0.15, 0.2) is 24.3 Å². The minimum absolute atomic E-state index is 0.321. The number of rotatable bonds is 7. The number of benzene rings is 1. The summed E-state index contributed by atoms with van der Waals surface area (Å²) in [5.41, 5.74) is 1.25. The van der Waals surface area contributed by atoms with Crippen molar-refractivity contribution in [2.45, 2.75) is 64.1 Å². The van der Waals surface area contributed by atoms with Crippen molar-refractivity contribution in [3.05, 3.63) is 29.8 Å². The Morgan fingerprint density at radius 3 is 2.58 bits per heavy atom. The fraction of sp³-hybridized carbons (Fsp3) is 0.650. The normalized spacial score (nSPS) is 21.1. The number of hydrogen-bond acceptors (Lipinski definition) is 3. The third-order valence-electron chi connectivity index (χ3n) is 5.37. The third-order valence-corrected chi connectivity index (χ3v) is 5.37. The molecule has 24 heavy (non-hydrogen) atoms. The van der Waals surface area contributed by atoms with E-state index in [-0.39, 0.29) is 0 Å². The number of hydrogen-bond donors (Lipinski definition) is 0. The van der Waals surface area contributed by atoms with E-state index in [2.05, 4.69) is 28.9 Å². The lowest BCUT2D eigenvalue weighted by molar-refractivity contribution is -0.136. The monoisotopic (exact) mass is 330 g/mol. The van der Waals surface area contributed by atoms with E-state index in [4.69, 9.17) is 4.74 Å². The SMILES string of the molecule is CCC1CCCCN1C(=O)CN(Cc1ccc(OC)cc1)C1CC1. The summed E-state index contributed by atoms with van der Waals surface area (Å²) in [5, 5.41) is 0. The fourth-order valence-corrected chi connectivity index (χ4v) is 3.74. The molecule has 1 saturated heterocycles. The van der Waals surface area contributed by atoms with Crippen molar-refractivity contribution in [2.24, 2.45) is 0 Å². The number of amides is 1. The van der Waals surface area contributed by atoms with Gasteiger partial charge in [0.2, 0.25) is 5.91 Å². The zero-order valence-electron chi connectivity index (χ0n) is 15.0. The summed E-state index contributed by atoms with van der Waals surface area (Å²) >= 11 is 0. The van der Waals surface area contributed by atoms with Crippen LogP contribution in [0.5, 0.6) is 5.75 Å². The number of likely N-dealkylation sites (tertiary alicyclic amines) is 1. The van der Waals surface area contributed by atoms with E-state index in [1.54, 1.807) is 7.11 Å². The van der Waals surface area contributed by atoms with Crippen LogP contribution in [0.3, 0.4) is 0 Å². The van der Waals surface area contributed by atoms with E-state index in [1.165, 1.54) is 31.2 Å². The molecule has 2 fully saturated rings. The zero-order valence-corrected chi connectivity index (χ0v) is 15.0. The van der Waals surface area contributed by atoms with Gasteiger partial charge in [0.05, 0.1) is 13.7 Å². The molecule has 1 amide bonds. The molecule has 0 radical (unpaired) electrons. The fourth-order valence-electron chi connectivity index (χ4n) is 3.74. The maximum atomic E-state index is 12.9. The summed E-state index contributed by atoms with van der Waals surface area (Å²) in [6.07, 6.45) is 7.11. The van der Waals surface area contributed by atoms with E-state index < -0.39 is 0 Å². The summed E-state index contributed by atoms with van der Waals surface area (Å²) in [6, 6.07) is 9.25. The second-order valence-electron chi connectivity index (χ2n) is 7.13. The molecule has 4 nitrogen and oxygen atoms in total. The van der Waals surface area contributed by atoms with Crippen molar-refractivity contribution in [3.8, 4) is 5.75 Å². The number of carbonyl (C=O) groups excluding carboxylic acids is 1. The van der Waals surface area contributed by atoms with Gasteiger partial charge >= 0.3 is 0 Å². The molecule has 1 aromatic rings. The first-order valence-electron chi connectivity index (χ1n) is 9.37. The smallest absolute Gasteiger partial charge is 0.237 e. The van der Waals surface area contributed by atoms with Crippen LogP contribution in [0.25, 0.3) is 0 Å². The van der Waals surface area contributed by atoms with E-state index in [9.17, 15) is 4.79 Å². The molecule has 0 spiro atoms. The van der Waals surface area contributed by atoms with Crippen LogP contribution in [-0.4, -0.2) is 48.0 Å². The van der Waals surface area contributed by atoms with Gasteiger partial charge in [-0.3, -0.25) is 9.69 Å². The Morgan fingerprint density at radius 2 is 1.96 bits per heavy atom. The van der Waals surface area contributed by atoms with Crippen molar-refractivity contribution in [1.29, 1.82) is 0 Å². The number of ether oxygens (including phenoxy) is 1. The molecular formula is C20H30N2O2. The van der Waals surface area contributed by atoms with E-state index >= 15 is 0 Å². The Morgan fingerprint density at radius 1 is 1.21 bits per heavy atom. The van der Waals surface area contributed by atoms with Crippen molar-refractivity contribution < 1.29 is 9.53 Å². The van der Waals surface area contributed by atoms with Gasteiger partial charge in [-0.1, -0.05) is 19.1 Å². The molecule has 1 heterocycles. The van der Waals surface area contributed by atoms with Crippen LogP contribution in [0.2, 0.25) is 0 Å². The van der Waals surface area contributed by atoms with Crippen molar-refractivity contribution in [2.75, 3.05) is 20.2 Å². The number of carbonyl (C=O) groups is 1. The van der Waals surface area contributed by atoms with Crippen molar-refractivity contribution in [1.82, 2.24) is 9.80 Å². The Bertz CT molecular complexity index is 539. The minimum atomic E-state index is 0.321. The van der Waals surface area contributed by atoms with Gasteiger partial charge in [-0.05, 0) is 56.2 Å². The minimum Gasteiger partial charge on any atom is -0.497 e. The molecule has 0 bridgehead atoms. The van der Waals surface area contributed by atoms with Gasteiger partial charge in [0.15, 0.2) is 0 Å². The molecule has 1 unspecified atom stereocenters. The molecule has 1 aromatic carbocycles. The molecule has 0 N–H and O–H groups in total. The van der Waals surface area contributed by atoms with Crippen LogP contribution in [-0.2, 0) is 11.3 Å². The Labute approximate surface area is 145 Å². The molecule has 4 heteroatoms. The van der Waals surface area contributed by atoms with Crippen LogP contribution >= 0.6 is 0 Å². The molecule has 1 saturated carbocycles. The molecule has 1 aliphatic heterocycles. The molecule has 1 aliphatic carbocycles. The van der Waals surface area contributed by atoms with Gasteiger partial charge in [-0.2, -0.15) is 0 Å². The van der Waals surface area contributed by atoms with Gasteiger partial charge in [-0.25, -0.2) is 0 Å². The first-order chi connectivity index (χ1) is 11.7. The topological polar surface area (TPSA) is 32.8 Å². The highest BCUT2D eigenvalue weighted by atomic mass is 16.5. The van der Waals surface area contributed by atoms with Crippen LogP contribution in [0, 0.1) is 0 Å². The lowest BCUT2D eigenvalue weighted by Gasteiger charge is -2.36. The van der Waals surface area contributed by atoms with Crippen LogP contribution in [0.4, 0.5) is 0 Å². The number of methoxy groups -OCH3 is 1. The van der Waals surface area contributed by atoms with Gasteiger partial charge < -0.3 is 9.64 Å². The molecular weight excluding hydrogens is 300 g/mol. The lowest BCUT2D eigenvalue weighted by Crippen LogP contribution is -2.48. The maximum Gasteiger partial charge on any atom is 0.237 e. The van der Waals surface area contributed by atoms with E-state index in [0.29, 0.717) is 24.5 Å². The Balaban J connectivity index is 1.61. The zero-order chi connectivity index (χ0) is 16.9. The predicted octanol–water partition coefficient (Wildman–Crippen LogP) is 3.45. The Kier molecular flexibility index (Phi) is 5.77. The third kappa shape index (κ3) is 4.29. The first kappa shape index (κ1) is 17.3. The van der Waals surface area contributed by atoms with E-state index in [1.807, 2.05) is 12.1 Å². The predicted molar refractivity (Wildman–Crippen MR) is 96.1 cm³/mol. The maximum absolute atomic E-state index is 12.9. The summed E-state index contributed by atoms with van der Waals surface area (Å²) in [5.74, 6) is 1.20. The molecule has 2 aliphatic rings. The summed E-state index contributed by atoms with van der Waals surface area (Å²) in [4.78, 5) is 17.4. The van der Waals surface area contributed by atoms with Crippen LogP contribution in [0.1, 0.15) is 51.0 Å². The van der Waals surface area contributed by atoms with Crippen molar-refractivity contribution >= 4 is 5.91 Å². The standard InChI is InChI=1S/C20H30N2O2/c1-3-17-6-4-5-13-22(17)20(23)15-21(18-9-10-18)14-16-7-11-19(24-2)12-8-16/h7-8,11-12,17-18H,3-6,9-10,13-15H2,1-2H3. The molecule has 1 atom stereocenters. The Hall–Kier alpha value is -1.55. The number of nitrogens with zero attached hydrogens (tertiary/aromatic N) is 2. The molecule has 0 aromatic heterocycles. The van der Waals surface area contributed by atoms with Gasteiger partial charge in [0.1, 0.15) is 5.75 Å². The van der Waals surface area contributed by atoms with Gasteiger partial charge in [0.25, 0.3) is 0 Å². The molecule has 132 valence electrons. The summed E-state index contributed by atoms with van der Waals surface area (Å²) < 4.78 is 5.23. The highest BCUT2D eigenvalue weighted by Gasteiger charge is 2.33. The second-order valence-corrected chi connectivity index (χ2v) is 7.13. The van der Waals surface area contributed by atoms with Crippen LogP contribution < -0.4 is 4.74 Å². The largest absolute Gasteiger partial charge is 0.497 e. The quantitative estimate of drug-likeness (QED) is 0.768. The highest BCUT2D eigenvalue weighted by Crippen LogP contribution is 2.29. The average molecular weight is 330 g/mol. The summed E-state index contributed by atoms with van der Waals surface area (Å²) in [6.45, 7) is 4.56. The average Bonchev–Trinajstić information content (AvgIpc) is 3.46. The molecule has 3 rings (SSSR count). The van der Waals surface area contributed by atoms with Gasteiger partial charge in [-0.15, -0.1) is 0 Å². The van der Waals surface area contributed by atoms with Gasteiger partial charge in [0, 0.05) is 25.2 Å². The summed E-state index contributed by atoms with van der Waals surface area (Å²) in [7, 11) is 1.69. The van der Waals surface area contributed by atoms with E-state index in [0.717, 1.165) is 31.7 Å². The van der Waals surface area contributed by atoms with Crippen molar-refractivity contribution in [3.63, 3.8) is 0 Å². The lowest BCUT2D eigenvalue weighted by atomic mass is 10.00. The highest BCUT2D eigenvalue weighted by molar-refractivity contribution is 5.78. The second kappa shape index (κ2) is 8.02.